The Labute approximate surface area is 173 Å². The van der Waals surface area contributed by atoms with Crippen LogP contribution >= 0.6 is 0 Å². The fourth-order valence-electron chi connectivity index (χ4n) is 3.73. The van der Waals surface area contributed by atoms with Crippen LogP contribution < -0.4 is 0 Å². The van der Waals surface area contributed by atoms with Crippen molar-refractivity contribution in [1.29, 1.82) is 0 Å². The molecule has 0 amide bonds. The van der Waals surface area contributed by atoms with Gasteiger partial charge in [0.1, 0.15) is 17.3 Å². The molecule has 1 aromatic heterocycles. The van der Waals surface area contributed by atoms with Crippen LogP contribution in [0.25, 0.3) is 11.5 Å². The molecule has 0 atom stereocenters. The number of oxazole rings is 1. The third-order valence-corrected chi connectivity index (χ3v) is 6.86. The number of aryl methyl sites for hydroxylation is 2. The third kappa shape index (κ3) is 6.24. The number of ketones is 1. The van der Waals surface area contributed by atoms with E-state index >= 15 is 0 Å². The number of nitrogens with zero attached hydrogens (tertiary/aromatic N) is 2. The maximum Gasteiger partial charge on any atom is 0.226 e. The summed E-state index contributed by atoms with van der Waals surface area (Å²) in [4.78, 5) is 19.0. The van der Waals surface area contributed by atoms with E-state index in [4.69, 9.17) is 4.42 Å². The molecule has 158 valence electrons. The lowest BCUT2D eigenvalue weighted by Gasteiger charge is -2.13. The predicted octanol–water partition coefficient (Wildman–Crippen LogP) is 3.71. The first-order chi connectivity index (χ1) is 13.8. The highest BCUT2D eigenvalue weighted by Gasteiger charge is 2.22. The van der Waals surface area contributed by atoms with Crippen molar-refractivity contribution in [3.8, 4) is 11.5 Å². The van der Waals surface area contributed by atoms with E-state index in [1.165, 1.54) is 12.8 Å². The van der Waals surface area contributed by atoms with E-state index in [0.717, 1.165) is 43.6 Å². The van der Waals surface area contributed by atoms with E-state index in [2.05, 4.69) is 9.88 Å². The normalized spacial score (nSPS) is 15.1. The Morgan fingerprint density at radius 3 is 2.59 bits per heavy atom. The molecule has 6 nitrogen and oxygen atoms in total. The third-order valence-electron chi connectivity index (χ3n) is 5.38. The van der Waals surface area contributed by atoms with E-state index < -0.39 is 15.6 Å². The quantitative estimate of drug-likeness (QED) is 0.547. The molecule has 0 aliphatic carbocycles. The first kappa shape index (κ1) is 21.7. The first-order valence-corrected chi connectivity index (χ1v) is 12.1. The first-order valence-electron chi connectivity index (χ1n) is 10.3. The number of carbonyl (C=O) groups is 1. The lowest BCUT2D eigenvalue weighted by molar-refractivity contribution is -0.116. The SMILES string of the molecule is Cc1ccccc1-c1nc(CS(=O)(=O)CC(=O)CCCCN2CCCC2)c(C)o1. The zero-order valence-corrected chi connectivity index (χ0v) is 18.1. The van der Waals surface area contributed by atoms with Gasteiger partial charge < -0.3 is 9.32 Å². The Kier molecular flexibility index (Phi) is 7.24. The number of benzene rings is 1. The van der Waals surface area contributed by atoms with E-state index in [1.54, 1.807) is 6.92 Å². The van der Waals surface area contributed by atoms with Crippen LogP contribution in [0.15, 0.2) is 28.7 Å². The molecular formula is C22H30N2O4S. The Hall–Kier alpha value is -1.99. The number of sulfone groups is 1. The van der Waals surface area contributed by atoms with Crippen molar-refractivity contribution in [1.82, 2.24) is 9.88 Å². The van der Waals surface area contributed by atoms with Crippen LogP contribution in [-0.4, -0.2) is 49.5 Å². The zero-order chi connectivity index (χ0) is 20.9. The van der Waals surface area contributed by atoms with Crippen LogP contribution in [0.1, 0.15) is 49.1 Å². The second-order valence-corrected chi connectivity index (χ2v) is 9.98. The van der Waals surface area contributed by atoms with Gasteiger partial charge in [0.2, 0.25) is 5.89 Å². The second-order valence-electron chi connectivity index (χ2n) is 7.91. The molecule has 1 aromatic carbocycles. The summed E-state index contributed by atoms with van der Waals surface area (Å²) in [6.45, 7) is 6.95. The Morgan fingerprint density at radius 2 is 1.86 bits per heavy atom. The highest BCUT2D eigenvalue weighted by Crippen LogP contribution is 2.25. The second kappa shape index (κ2) is 9.67. The van der Waals surface area contributed by atoms with Gasteiger partial charge in [0.05, 0.1) is 11.4 Å². The fraction of sp³-hybridized carbons (Fsp3) is 0.545. The van der Waals surface area contributed by atoms with Crippen molar-refractivity contribution in [2.24, 2.45) is 0 Å². The molecule has 3 rings (SSSR count). The summed E-state index contributed by atoms with van der Waals surface area (Å²) in [6, 6.07) is 7.66. The topological polar surface area (TPSA) is 80.5 Å². The molecule has 0 bridgehead atoms. The number of Topliss-reactive ketones (excluding diaryl/α,β-unsaturated/α-hetero) is 1. The van der Waals surface area contributed by atoms with E-state index in [-0.39, 0.29) is 11.5 Å². The molecule has 2 aromatic rings. The van der Waals surface area contributed by atoms with E-state index in [0.29, 0.717) is 23.8 Å². The van der Waals surface area contributed by atoms with Crippen molar-refractivity contribution < 1.29 is 17.6 Å². The summed E-state index contributed by atoms with van der Waals surface area (Å²) in [5.41, 5.74) is 2.23. The summed E-state index contributed by atoms with van der Waals surface area (Å²) in [6.07, 6.45) is 4.51. The average Bonchev–Trinajstić information content (AvgIpc) is 3.29. The van der Waals surface area contributed by atoms with Gasteiger partial charge in [-0.1, -0.05) is 18.2 Å². The molecule has 0 N–H and O–H groups in total. The predicted molar refractivity (Wildman–Crippen MR) is 113 cm³/mol. The summed E-state index contributed by atoms with van der Waals surface area (Å²) >= 11 is 0. The number of likely N-dealkylation sites (tertiary alicyclic amines) is 1. The van der Waals surface area contributed by atoms with Crippen molar-refractivity contribution in [3.05, 3.63) is 41.3 Å². The summed E-state index contributed by atoms with van der Waals surface area (Å²) in [5.74, 6) is -0.0215. The number of hydrogen-bond acceptors (Lipinski definition) is 6. The minimum absolute atomic E-state index is 0.216. The van der Waals surface area contributed by atoms with Gasteiger partial charge in [0.15, 0.2) is 9.84 Å². The molecule has 29 heavy (non-hydrogen) atoms. The minimum atomic E-state index is -3.57. The van der Waals surface area contributed by atoms with Crippen LogP contribution in [-0.2, 0) is 20.4 Å². The smallest absolute Gasteiger partial charge is 0.226 e. The fourth-order valence-corrected chi connectivity index (χ4v) is 5.15. The number of aromatic nitrogens is 1. The highest BCUT2D eigenvalue weighted by atomic mass is 32.2. The van der Waals surface area contributed by atoms with Gasteiger partial charge in [-0.05, 0) is 70.8 Å². The molecule has 0 saturated carbocycles. The van der Waals surface area contributed by atoms with E-state index in [9.17, 15) is 13.2 Å². The molecule has 0 radical (unpaired) electrons. The minimum Gasteiger partial charge on any atom is -0.441 e. The molecule has 2 heterocycles. The van der Waals surface area contributed by atoms with Crippen molar-refractivity contribution in [2.75, 3.05) is 25.4 Å². The largest absolute Gasteiger partial charge is 0.441 e. The van der Waals surface area contributed by atoms with Crippen molar-refractivity contribution >= 4 is 15.6 Å². The molecule has 1 fully saturated rings. The van der Waals surface area contributed by atoms with Crippen molar-refractivity contribution in [2.45, 2.75) is 51.7 Å². The van der Waals surface area contributed by atoms with Crippen molar-refractivity contribution in [3.63, 3.8) is 0 Å². The van der Waals surface area contributed by atoms with Gasteiger partial charge in [-0.3, -0.25) is 4.79 Å². The van der Waals surface area contributed by atoms with E-state index in [1.807, 2.05) is 31.2 Å². The standard InChI is InChI=1S/C22H30N2O4S/c1-17-9-3-4-11-20(17)22-23-21(18(2)28-22)16-29(26,27)15-19(25)10-5-6-12-24-13-7-8-14-24/h3-4,9,11H,5-8,10,12-16H2,1-2H3. The Morgan fingerprint density at radius 1 is 1.14 bits per heavy atom. The van der Waals surface area contributed by atoms with Gasteiger partial charge in [-0.15, -0.1) is 0 Å². The van der Waals surface area contributed by atoms with Crippen LogP contribution in [0, 0.1) is 13.8 Å². The maximum absolute atomic E-state index is 12.5. The van der Waals surface area contributed by atoms with Crippen LogP contribution in [0.2, 0.25) is 0 Å². The van der Waals surface area contributed by atoms with Crippen LogP contribution in [0.3, 0.4) is 0 Å². The summed E-state index contributed by atoms with van der Waals surface area (Å²) < 4.78 is 30.7. The van der Waals surface area contributed by atoms with Gasteiger partial charge in [0.25, 0.3) is 0 Å². The number of unbranched alkanes of at least 4 members (excludes halogenated alkanes) is 1. The molecule has 1 saturated heterocycles. The van der Waals surface area contributed by atoms with Crippen LogP contribution in [0.4, 0.5) is 0 Å². The summed E-state index contributed by atoms with van der Waals surface area (Å²) in [7, 11) is -3.57. The van der Waals surface area contributed by atoms with Crippen LogP contribution in [0.5, 0.6) is 0 Å². The van der Waals surface area contributed by atoms with Gasteiger partial charge in [-0.25, -0.2) is 13.4 Å². The zero-order valence-electron chi connectivity index (χ0n) is 17.3. The van der Waals surface area contributed by atoms with Gasteiger partial charge in [0, 0.05) is 12.0 Å². The lowest BCUT2D eigenvalue weighted by Crippen LogP contribution is -2.21. The summed E-state index contributed by atoms with van der Waals surface area (Å²) in [5, 5.41) is 0. The number of carbonyl (C=O) groups excluding carboxylic acids is 1. The monoisotopic (exact) mass is 418 g/mol. The molecular weight excluding hydrogens is 388 g/mol. The highest BCUT2D eigenvalue weighted by molar-refractivity contribution is 7.91. The Bertz CT molecular complexity index is 943. The average molecular weight is 419 g/mol. The van der Waals surface area contributed by atoms with Gasteiger partial charge in [-0.2, -0.15) is 0 Å². The molecule has 1 aliphatic rings. The maximum atomic E-state index is 12.5. The van der Waals surface area contributed by atoms with Gasteiger partial charge >= 0.3 is 0 Å². The number of hydrogen-bond donors (Lipinski definition) is 0. The Balaban J connectivity index is 1.52. The molecule has 0 spiro atoms. The molecule has 0 unspecified atom stereocenters. The lowest BCUT2D eigenvalue weighted by atomic mass is 10.1. The molecule has 7 heteroatoms. The number of rotatable bonds is 10. The molecule has 1 aliphatic heterocycles.